The zero-order chi connectivity index (χ0) is 24.2. The molecule has 0 unspecified atom stereocenters. The number of esters is 1. The number of carbonyl (C=O) groups is 3. The molecule has 1 heterocycles. The Morgan fingerprint density at radius 1 is 1.21 bits per heavy atom. The minimum Gasteiger partial charge on any atom is -0.492 e. The highest BCUT2D eigenvalue weighted by Crippen LogP contribution is 2.34. The molecule has 0 bridgehead atoms. The van der Waals surface area contributed by atoms with Crippen molar-refractivity contribution in [1.82, 2.24) is 0 Å². The van der Waals surface area contributed by atoms with E-state index in [0.29, 0.717) is 24.1 Å². The van der Waals surface area contributed by atoms with Gasteiger partial charge in [-0.05, 0) is 37.3 Å². The van der Waals surface area contributed by atoms with Crippen molar-refractivity contribution in [1.29, 1.82) is 0 Å². The fraction of sp³-hybridized carbons (Fsp3) is 0.318. The number of carbonyl (C=O) groups excluding carboxylic acids is 3. The molecule has 1 N–H and O–H groups in total. The van der Waals surface area contributed by atoms with Gasteiger partial charge in [-0.1, -0.05) is 23.7 Å². The minimum atomic E-state index is -4.61. The first-order valence-corrected chi connectivity index (χ1v) is 10.3. The van der Waals surface area contributed by atoms with Crippen LogP contribution in [-0.2, 0) is 25.3 Å². The fourth-order valence-electron chi connectivity index (χ4n) is 3.29. The first kappa shape index (κ1) is 24.4. The van der Waals surface area contributed by atoms with Gasteiger partial charge in [0, 0.05) is 13.0 Å². The highest BCUT2D eigenvalue weighted by molar-refractivity contribution is 6.33. The summed E-state index contributed by atoms with van der Waals surface area (Å²) in [4.78, 5) is 38.4. The van der Waals surface area contributed by atoms with Crippen molar-refractivity contribution in [3.8, 4) is 5.75 Å². The van der Waals surface area contributed by atoms with Crippen molar-refractivity contribution in [2.75, 3.05) is 30.0 Å². The SMILES string of the molecule is CCOc1ccccc1N1C[C@@H](C(=O)OCC(=O)Nc2cc(C(F)(F)F)ccc2Cl)CC1=O. The van der Waals surface area contributed by atoms with E-state index in [4.69, 9.17) is 21.1 Å². The zero-order valence-electron chi connectivity index (χ0n) is 17.4. The maximum atomic E-state index is 12.9. The first-order chi connectivity index (χ1) is 15.6. The Labute approximate surface area is 192 Å². The molecule has 1 aliphatic rings. The summed E-state index contributed by atoms with van der Waals surface area (Å²) in [7, 11) is 0. The Bertz CT molecular complexity index is 1060. The molecule has 0 radical (unpaired) electrons. The first-order valence-electron chi connectivity index (χ1n) is 9.95. The Balaban J connectivity index is 1.59. The smallest absolute Gasteiger partial charge is 0.416 e. The van der Waals surface area contributed by atoms with Gasteiger partial charge in [0.25, 0.3) is 5.91 Å². The number of benzene rings is 2. The average Bonchev–Trinajstić information content (AvgIpc) is 3.15. The van der Waals surface area contributed by atoms with Crippen molar-refractivity contribution in [2.24, 2.45) is 5.92 Å². The van der Waals surface area contributed by atoms with Gasteiger partial charge in [0.2, 0.25) is 5.91 Å². The Morgan fingerprint density at radius 2 is 1.94 bits per heavy atom. The van der Waals surface area contributed by atoms with Crippen LogP contribution >= 0.6 is 11.6 Å². The van der Waals surface area contributed by atoms with Gasteiger partial charge in [-0.15, -0.1) is 0 Å². The lowest BCUT2D eigenvalue weighted by atomic mass is 10.1. The zero-order valence-corrected chi connectivity index (χ0v) is 18.2. The monoisotopic (exact) mass is 484 g/mol. The van der Waals surface area contributed by atoms with Gasteiger partial charge >= 0.3 is 12.1 Å². The molecule has 1 aliphatic heterocycles. The molecule has 3 rings (SSSR count). The second-order valence-corrected chi connectivity index (χ2v) is 7.56. The molecule has 7 nitrogen and oxygen atoms in total. The normalized spacial score (nSPS) is 16.0. The van der Waals surface area contributed by atoms with E-state index in [0.717, 1.165) is 12.1 Å². The largest absolute Gasteiger partial charge is 0.492 e. The molecular weight excluding hydrogens is 465 g/mol. The second-order valence-electron chi connectivity index (χ2n) is 7.15. The molecule has 2 aromatic carbocycles. The van der Waals surface area contributed by atoms with Crippen LogP contribution in [0.3, 0.4) is 0 Å². The topological polar surface area (TPSA) is 84.9 Å². The molecule has 176 valence electrons. The number of nitrogens with one attached hydrogen (secondary N) is 1. The van der Waals surface area contributed by atoms with Crippen molar-refractivity contribution < 1.29 is 37.0 Å². The van der Waals surface area contributed by atoms with Gasteiger partial charge in [-0.3, -0.25) is 14.4 Å². The maximum absolute atomic E-state index is 12.9. The number of rotatable bonds is 7. The van der Waals surface area contributed by atoms with Crippen molar-refractivity contribution >= 4 is 40.8 Å². The van der Waals surface area contributed by atoms with Gasteiger partial charge in [-0.2, -0.15) is 13.2 Å². The predicted molar refractivity (Wildman–Crippen MR) is 114 cm³/mol. The number of nitrogens with zero attached hydrogens (tertiary/aromatic N) is 1. The Morgan fingerprint density at radius 3 is 2.64 bits per heavy atom. The van der Waals surface area contributed by atoms with Crippen LogP contribution < -0.4 is 15.0 Å². The third-order valence-electron chi connectivity index (χ3n) is 4.83. The lowest BCUT2D eigenvalue weighted by Crippen LogP contribution is -2.28. The number of ether oxygens (including phenoxy) is 2. The van der Waals surface area contributed by atoms with E-state index in [9.17, 15) is 27.6 Å². The minimum absolute atomic E-state index is 0.0445. The number of hydrogen-bond donors (Lipinski definition) is 1. The third-order valence-corrected chi connectivity index (χ3v) is 5.16. The molecule has 1 fully saturated rings. The summed E-state index contributed by atoms with van der Waals surface area (Å²) in [6, 6.07) is 9.38. The lowest BCUT2D eigenvalue weighted by Gasteiger charge is -2.20. The quantitative estimate of drug-likeness (QED) is 0.593. The molecule has 1 saturated heterocycles. The van der Waals surface area contributed by atoms with Crippen LogP contribution in [0.15, 0.2) is 42.5 Å². The summed E-state index contributed by atoms with van der Waals surface area (Å²) in [6.45, 7) is 1.50. The van der Waals surface area contributed by atoms with E-state index in [1.165, 1.54) is 4.90 Å². The van der Waals surface area contributed by atoms with Gasteiger partial charge in [-0.25, -0.2) is 0 Å². The molecule has 33 heavy (non-hydrogen) atoms. The molecule has 0 aromatic heterocycles. The van der Waals surface area contributed by atoms with Crippen LogP contribution in [0.2, 0.25) is 5.02 Å². The van der Waals surface area contributed by atoms with Gasteiger partial charge < -0.3 is 19.7 Å². The molecule has 0 spiro atoms. The summed E-state index contributed by atoms with van der Waals surface area (Å²) in [5.74, 6) is -2.25. The van der Waals surface area contributed by atoms with Gasteiger partial charge in [0.05, 0.1) is 34.5 Å². The summed E-state index contributed by atoms with van der Waals surface area (Å²) in [5.41, 5.74) is -0.727. The number of halogens is 4. The van der Waals surface area contributed by atoms with Crippen LogP contribution in [0.4, 0.5) is 24.5 Å². The van der Waals surface area contributed by atoms with E-state index < -0.39 is 36.1 Å². The molecule has 2 aromatic rings. The standard InChI is InChI=1S/C22H20ClF3N2O5/c1-2-32-18-6-4-3-5-17(18)28-11-13(9-20(28)30)21(31)33-12-19(29)27-16-10-14(22(24,25)26)7-8-15(16)23/h3-8,10,13H,2,9,11-12H2,1H3,(H,27,29)/t13-/m0/s1. The molecule has 11 heteroatoms. The number of alkyl halides is 3. The van der Waals surface area contributed by atoms with Crippen LogP contribution in [0.5, 0.6) is 5.75 Å². The highest BCUT2D eigenvalue weighted by atomic mass is 35.5. The number of amides is 2. The number of para-hydroxylation sites is 2. The molecule has 1 atom stereocenters. The third kappa shape index (κ3) is 5.95. The Kier molecular flexibility index (Phi) is 7.47. The van der Waals surface area contributed by atoms with E-state index in [1.807, 2.05) is 0 Å². The van der Waals surface area contributed by atoms with Crippen molar-refractivity contribution in [2.45, 2.75) is 19.5 Å². The summed E-state index contributed by atoms with van der Waals surface area (Å²) >= 11 is 5.84. The highest BCUT2D eigenvalue weighted by Gasteiger charge is 2.37. The van der Waals surface area contributed by atoms with Crippen LogP contribution in [-0.4, -0.2) is 37.5 Å². The average molecular weight is 485 g/mol. The Hall–Kier alpha value is -3.27. The van der Waals surface area contributed by atoms with E-state index in [-0.39, 0.29) is 29.6 Å². The van der Waals surface area contributed by atoms with E-state index in [2.05, 4.69) is 5.32 Å². The fourth-order valence-corrected chi connectivity index (χ4v) is 3.46. The van der Waals surface area contributed by atoms with Crippen molar-refractivity contribution in [3.63, 3.8) is 0 Å². The molecule has 0 aliphatic carbocycles. The van der Waals surface area contributed by atoms with Crippen LogP contribution in [0, 0.1) is 5.92 Å². The van der Waals surface area contributed by atoms with E-state index >= 15 is 0 Å². The molecular formula is C22H20ClF3N2O5. The summed E-state index contributed by atoms with van der Waals surface area (Å²) < 4.78 is 49.1. The summed E-state index contributed by atoms with van der Waals surface area (Å²) in [6.07, 6.45) is -4.72. The number of hydrogen-bond acceptors (Lipinski definition) is 5. The molecule has 0 saturated carbocycles. The molecule has 2 amide bonds. The number of anilines is 2. The lowest BCUT2D eigenvalue weighted by molar-refractivity contribution is -0.151. The van der Waals surface area contributed by atoms with Crippen LogP contribution in [0.25, 0.3) is 0 Å². The summed E-state index contributed by atoms with van der Waals surface area (Å²) in [5, 5.41) is 2.09. The van der Waals surface area contributed by atoms with Gasteiger partial charge in [0.1, 0.15) is 5.75 Å². The van der Waals surface area contributed by atoms with Crippen molar-refractivity contribution in [3.05, 3.63) is 53.1 Å². The van der Waals surface area contributed by atoms with E-state index in [1.54, 1.807) is 31.2 Å². The predicted octanol–water partition coefficient (Wildman–Crippen LogP) is 4.29. The van der Waals surface area contributed by atoms with Crippen LogP contribution in [0.1, 0.15) is 18.9 Å². The second kappa shape index (κ2) is 10.1. The maximum Gasteiger partial charge on any atom is 0.416 e. The van der Waals surface area contributed by atoms with Gasteiger partial charge in [0.15, 0.2) is 6.61 Å².